The first-order valence-corrected chi connectivity index (χ1v) is 8.65. The quantitative estimate of drug-likeness (QED) is 0.544. The van der Waals surface area contributed by atoms with E-state index in [1.165, 1.54) is 35.7 Å². The molecule has 0 aliphatic heterocycles. The maximum atomic E-state index is 13.4. The molecular weight excluding hydrogens is 375 g/mol. The van der Waals surface area contributed by atoms with Crippen molar-refractivity contribution in [3.05, 3.63) is 90.5 Å². The average Bonchev–Trinajstić information content (AvgIpc) is 3.28. The first-order chi connectivity index (χ1) is 14.2. The van der Waals surface area contributed by atoms with E-state index in [0.29, 0.717) is 22.7 Å². The predicted molar refractivity (Wildman–Crippen MR) is 101 cm³/mol. The van der Waals surface area contributed by atoms with Gasteiger partial charge in [-0.3, -0.25) is 4.79 Å². The van der Waals surface area contributed by atoms with Gasteiger partial charge in [-0.25, -0.2) is 24.0 Å². The van der Waals surface area contributed by atoms with E-state index >= 15 is 0 Å². The van der Waals surface area contributed by atoms with Crippen LogP contribution in [0, 0.1) is 5.82 Å². The summed E-state index contributed by atoms with van der Waals surface area (Å²) in [6.45, 7) is 0.179. The van der Waals surface area contributed by atoms with Crippen molar-refractivity contribution in [3.8, 4) is 17.4 Å². The van der Waals surface area contributed by atoms with Crippen LogP contribution in [0.4, 0.5) is 4.39 Å². The zero-order valence-electron chi connectivity index (χ0n) is 15.1. The number of carbonyl (C=O) groups excluding carboxylic acids is 1. The van der Waals surface area contributed by atoms with Gasteiger partial charge in [0.25, 0.3) is 5.91 Å². The van der Waals surface area contributed by atoms with Crippen LogP contribution in [0.3, 0.4) is 0 Å². The van der Waals surface area contributed by atoms with Crippen molar-refractivity contribution in [2.24, 2.45) is 0 Å². The Labute approximate surface area is 165 Å². The van der Waals surface area contributed by atoms with Crippen molar-refractivity contribution < 1.29 is 13.9 Å². The lowest BCUT2D eigenvalue weighted by atomic mass is 10.2. The standard InChI is InChI=1S/C20H15FN6O2/c21-16-4-1-5-17(10-16)29-20-15(3-2-7-24-20)11-25-19(28)14-6-8-23-18(9-14)27-13-22-12-26-27/h1-10,12-13H,11H2,(H,25,28). The molecular formula is C20H15FN6O2. The summed E-state index contributed by atoms with van der Waals surface area (Å²) in [6.07, 6.45) is 5.97. The van der Waals surface area contributed by atoms with Gasteiger partial charge in [0.1, 0.15) is 24.2 Å². The first-order valence-electron chi connectivity index (χ1n) is 8.65. The Hall–Kier alpha value is -4.14. The molecule has 144 valence electrons. The number of benzene rings is 1. The molecule has 3 heterocycles. The number of hydrogen-bond donors (Lipinski definition) is 1. The van der Waals surface area contributed by atoms with Crippen molar-refractivity contribution in [3.63, 3.8) is 0 Å². The van der Waals surface area contributed by atoms with E-state index in [0.717, 1.165) is 0 Å². The van der Waals surface area contributed by atoms with Gasteiger partial charge in [-0.1, -0.05) is 12.1 Å². The Morgan fingerprint density at radius 1 is 1.10 bits per heavy atom. The fourth-order valence-electron chi connectivity index (χ4n) is 2.58. The van der Waals surface area contributed by atoms with Gasteiger partial charge < -0.3 is 10.1 Å². The van der Waals surface area contributed by atoms with Crippen LogP contribution < -0.4 is 10.1 Å². The Morgan fingerprint density at radius 2 is 2.03 bits per heavy atom. The summed E-state index contributed by atoms with van der Waals surface area (Å²) in [5, 5.41) is 6.82. The molecule has 4 rings (SSSR count). The predicted octanol–water partition coefficient (Wildman–Crippen LogP) is 2.92. The van der Waals surface area contributed by atoms with E-state index in [1.807, 2.05) is 0 Å². The molecule has 4 aromatic rings. The Bertz CT molecular complexity index is 1130. The molecule has 0 radical (unpaired) electrons. The van der Waals surface area contributed by atoms with Crippen molar-refractivity contribution in [2.75, 3.05) is 0 Å². The summed E-state index contributed by atoms with van der Waals surface area (Å²) in [5.41, 5.74) is 1.07. The van der Waals surface area contributed by atoms with Crippen LogP contribution in [0.15, 0.2) is 73.6 Å². The van der Waals surface area contributed by atoms with Crippen LogP contribution >= 0.6 is 0 Å². The van der Waals surface area contributed by atoms with Crippen LogP contribution in [-0.4, -0.2) is 30.6 Å². The fraction of sp³-hybridized carbons (Fsp3) is 0.0500. The van der Waals surface area contributed by atoms with E-state index in [9.17, 15) is 9.18 Å². The third-order valence-electron chi connectivity index (χ3n) is 3.96. The van der Waals surface area contributed by atoms with Gasteiger partial charge in [0.2, 0.25) is 5.88 Å². The summed E-state index contributed by atoms with van der Waals surface area (Å²) in [5.74, 6) is 0.384. The minimum atomic E-state index is -0.408. The van der Waals surface area contributed by atoms with E-state index in [4.69, 9.17) is 4.74 Å². The topological polar surface area (TPSA) is 94.8 Å². The van der Waals surface area contributed by atoms with Gasteiger partial charge in [0.15, 0.2) is 5.82 Å². The molecule has 0 unspecified atom stereocenters. The highest BCUT2D eigenvalue weighted by Crippen LogP contribution is 2.23. The number of pyridine rings is 2. The SMILES string of the molecule is O=C(NCc1cccnc1Oc1cccc(F)c1)c1ccnc(-n2cncn2)c1. The van der Waals surface area contributed by atoms with Crippen LogP contribution in [0.5, 0.6) is 11.6 Å². The zero-order chi connectivity index (χ0) is 20.1. The van der Waals surface area contributed by atoms with E-state index in [-0.39, 0.29) is 18.3 Å². The number of ether oxygens (including phenoxy) is 1. The van der Waals surface area contributed by atoms with Gasteiger partial charge in [-0.2, -0.15) is 5.10 Å². The lowest BCUT2D eigenvalue weighted by molar-refractivity contribution is 0.0950. The smallest absolute Gasteiger partial charge is 0.251 e. The normalized spacial score (nSPS) is 10.5. The van der Waals surface area contributed by atoms with Crippen molar-refractivity contribution in [1.29, 1.82) is 0 Å². The van der Waals surface area contributed by atoms with Crippen LogP contribution in [-0.2, 0) is 6.54 Å². The summed E-state index contributed by atoms with van der Waals surface area (Å²) < 4.78 is 20.5. The van der Waals surface area contributed by atoms with E-state index in [2.05, 4.69) is 25.4 Å². The molecule has 1 amide bonds. The highest BCUT2D eigenvalue weighted by molar-refractivity contribution is 5.94. The average molecular weight is 390 g/mol. The number of rotatable bonds is 6. The highest BCUT2D eigenvalue weighted by Gasteiger charge is 2.11. The summed E-state index contributed by atoms with van der Waals surface area (Å²) >= 11 is 0. The second-order valence-corrected chi connectivity index (χ2v) is 5.95. The maximum absolute atomic E-state index is 13.4. The van der Waals surface area contributed by atoms with E-state index < -0.39 is 5.82 Å². The van der Waals surface area contributed by atoms with Crippen molar-refractivity contribution >= 4 is 5.91 Å². The number of nitrogens with one attached hydrogen (secondary N) is 1. The number of halogens is 1. The first kappa shape index (κ1) is 18.2. The van der Waals surface area contributed by atoms with Gasteiger partial charge in [0, 0.05) is 36.1 Å². The number of aromatic nitrogens is 5. The highest BCUT2D eigenvalue weighted by atomic mass is 19.1. The third-order valence-corrected chi connectivity index (χ3v) is 3.96. The monoisotopic (exact) mass is 390 g/mol. The molecule has 0 aliphatic carbocycles. The van der Waals surface area contributed by atoms with Crippen molar-refractivity contribution in [1.82, 2.24) is 30.0 Å². The van der Waals surface area contributed by atoms with Crippen LogP contribution in [0.2, 0.25) is 0 Å². The molecule has 0 fully saturated rings. The second-order valence-electron chi connectivity index (χ2n) is 5.95. The third kappa shape index (κ3) is 4.41. The number of carbonyl (C=O) groups is 1. The van der Waals surface area contributed by atoms with Crippen LogP contribution in [0.1, 0.15) is 15.9 Å². The van der Waals surface area contributed by atoms with E-state index in [1.54, 1.807) is 42.6 Å². The molecule has 29 heavy (non-hydrogen) atoms. The maximum Gasteiger partial charge on any atom is 0.251 e. The Balaban J connectivity index is 1.47. The number of amides is 1. The number of hydrogen-bond acceptors (Lipinski definition) is 6. The molecule has 0 saturated carbocycles. The molecule has 0 spiro atoms. The molecule has 9 heteroatoms. The van der Waals surface area contributed by atoms with Gasteiger partial charge >= 0.3 is 0 Å². The largest absolute Gasteiger partial charge is 0.439 e. The molecule has 1 N–H and O–H groups in total. The molecule has 0 saturated heterocycles. The molecule has 0 atom stereocenters. The molecule has 8 nitrogen and oxygen atoms in total. The zero-order valence-corrected chi connectivity index (χ0v) is 15.1. The lowest BCUT2D eigenvalue weighted by Gasteiger charge is -2.11. The second kappa shape index (κ2) is 8.26. The molecule has 0 bridgehead atoms. The summed E-state index contributed by atoms with van der Waals surface area (Å²) in [7, 11) is 0. The Morgan fingerprint density at radius 3 is 2.86 bits per heavy atom. The minimum absolute atomic E-state index is 0.179. The molecule has 3 aromatic heterocycles. The minimum Gasteiger partial charge on any atom is -0.439 e. The van der Waals surface area contributed by atoms with Gasteiger partial charge in [-0.15, -0.1) is 0 Å². The van der Waals surface area contributed by atoms with Crippen molar-refractivity contribution in [2.45, 2.75) is 6.54 Å². The number of nitrogens with zero attached hydrogens (tertiary/aromatic N) is 5. The van der Waals surface area contributed by atoms with Gasteiger partial charge in [-0.05, 0) is 30.3 Å². The fourth-order valence-corrected chi connectivity index (χ4v) is 2.58. The van der Waals surface area contributed by atoms with Crippen LogP contribution in [0.25, 0.3) is 5.82 Å². The van der Waals surface area contributed by atoms with Gasteiger partial charge in [0.05, 0.1) is 0 Å². The lowest BCUT2D eigenvalue weighted by Crippen LogP contribution is -2.23. The molecule has 0 aliphatic rings. The molecule has 1 aromatic carbocycles. The Kier molecular flexibility index (Phi) is 5.19. The summed E-state index contributed by atoms with van der Waals surface area (Å²) in [4.78, 5) is 24.8. The summed E-state index contributed by atoms with van der Waals surface area (Å²) in [6, 6.07) is 12.5.